The third kappa shape index (κ3) is 3.71. The first-order chi connectivity index (χ1) is 13.2. The minimum atomic E-state index is 0.555. The summed E-state index contributed by atoms with van der Waals surface area (Å²) in [6.45, 7) is 4.47. The molecule has 4 aromatic rings. The highest BCUT2D eigenvalue weighted by Crippen LogP contribution is 2.33. The van der Waals surface area contributed by atoms with Crippen molar-refractivity contribution in [3.05, 3.63) is 109 Å². The topological polar surface area (TPSA) is 0 Å². The zero-order valence-electron chi connectivity index (χ0n) is 15.9. The Morgan fingerprint density at radius 2 is 0.815 bits per heavy atom. The summed E-state index contributed by atoms with van der Waals surface area (Å²) in [5.41, 5.74) is 8.94. The Hall–Kier alpha value is -3.12. The Bertz CT molecular complexity index is 1010. The van der Waals surface area contributed by atoms with Gasteiger partial charge in [0.1, 0.15) is 0 Å². The van der Waals surface area contributed by atoms with E-state index in [9.17, 15) is 0 Å². The molecule has 0 saturated carbocycles. The van der Waals surface area contributed by atoms with Gasteiger partial charge in [-0.1, -0.05) is 117 Å². The molecule has 4 aromatic carbocycles. The highest BCUT2D eigenvalue weighted by molar-refractivity contribution is 5.84. The lowest BCUT2D eigenvalue weighted by molar-refractivity contribution is 0.867. The molecule has 0 aliphatic rings. The Morgan fingerprint density at radius 1 is 0.407 bits per heavy atom. The molecular weight excluding hydrogens is 324 g/mol. The van der Waals surface area contributed by atoms with E-state index in [0.29, 0.717) is 5.92 Å². The van der Waals surface area contributed by atoms with Crippen molar-refractivity contribution in [2.75, 3.05) is 0 Å². The van der Waals surface area contributed by atoms with Crippen molar-refractivity contribution in [3.63, 3.8) is 0 Å². The second kappa shape index (κ2) is 7.63. The molecule has 0 atom stereocenters. The Balaban J connectivity index is 1.71. The van der Waals surface area contributed by atoms with E-state index in [4.69, 9.17) is 0 Å². The predicted molar refractivity (Wildman–Crippen MR) is 117 cm³/mol. The van der Waals surface area contributed by atoms with Gasteiger partial charge in [-0.25, -0.2) is 0 Å². The summed E-state index contributed by atoms with van der Waals surface area (Å²) in [6, 6.07) is 37.0. The van der Waals surface area contributed by atoms with Gasteiger partial charge in [-0.05, 0) is 44.9 Å². The van der Waals surface area contributed by atoms with Crippen molar-refractivity contribution in [2.24, 2.45) is 0 Å². The van der Waals surface area contributed by atoms with Crippen LogP contribution in [0.5, 0.6) is 0 Å². The summed E-state index contributed by atoms with van der Waals surface area (Å²) < 4.78 is 0. The maximum atomic E-state index is 2.25. The van der Waals surface area contributed by atoms with Crippen LogP contribution in [0.4, 0.5) is 0 Å². The molecule has 0 aromatic heterocycles. The summed E-state index contributed by atoms with van der Waals surface area (Å²) in [4.78, 5) is 0. The normalized spacial score (nSPS) is 10.9. The molecule has 4 rings (SSSR count). The minimum absolute atomic E-state index is 0.555. The van der Waals surface area contributed by atoms with Gasteiger partial charge in [0, 0.05) is 0 Å². The van der Waals surface area contributed by atoms with Gasteiger partial charge in [0.25, 0.3) is 0 Å². The Kier molecular flexibility index (Phi) is 4.89. The molecule has 0 amide bonds. The predicted octanol–water partition coefficient (Wildman–Crippen LogP) is 7.81. The molecule has 0 fully saturated rings. The van der Waals surface area contributed by atoms with Crippen LogP contribution in [0.15, 0.2) is 103 Å². The zero-order valence-corrected chi connectivity index (χ0v) is 15.9. The third-order valence-corrected chi connectivity index (χ3v) is 5.12. The SMILES string of the molecule is CC(C)c1ccc(-c2ccccc2-c2ccc(-c3ccccc3)cc2)cc1. The van der Waals surface area contributed by atoms with E-state index in [-0.39, 0.29) is 0 Å². The first-order valence-electron chi connectivity index (χ1n) is 9.57. The van der Waals surface area contributed by atoms with Crippen molar-refractivity contribution in [1.29, 1.82) is 0 Å². The summed E-state index contributed by atoms with van der Waals surface area (Å²) >= 11 is 0. The van der Waals surface area contributed by atoms with Gasteiger partial charge >= 0.3 is 0 Å². The standard InChI is InChI=1S/C27H24/c1-20(2)21-12-16-24(17-13-21)26-10-6-7-11-27(26)25-18-14-23(15-19-25)22-8-4-3-5-9-22/h3-20H,1-2H3. The molecule has 0 radical (unpaired) electrons. The Labute approximate surface area is 162 Å². The van der Waals surface area contributed by atoms with Crippen LogP contribution in [0.1, 0.15) is 25.3 Å². The smallest absolute Gasteiger partial charge is 0.0105 e. The molecule has 0 aliphatic carbocycles. The second-order valence-electron chi connectivity index (χ2n) is 7.27. The van der Waals surface area contributed by atoms with E-state index >= 15 is 0 Å². The van der Waals surface area contributed by atoms with E-state index in [1.165, 1.54) is 38.9 Å². The van der Waals surface area contributed by atoms with Crippen LogP contribution in [-0.4, -0.2) is 0 Å². The van der Waals surface area contributed by atoms with Gasteiger partial charge < -0.3 is 0 Å². The van der Waals surface area contributed by atoms with Gasteiger partial charge in [-0.15, -0.1) is 0 Å². The molecule has 0 heteroatoms. The monoisotopic (exact) mass is 348 g/mol. The van der Waals surface area contributed by atoms with Gasteiger partial charge in [0.05, 0.1) is 0 Å². The van der Waals surface area contributed by atoms with Crippen molar-refractivity contribution in [3.8, 4) is 33.4 Å². The second-order valence-corrected chi connectivity index (χ2v) is 7.27. The first-order valence-corrected chi connectivity index (χ1v) is 9.57. The van der Waals surface area contributed by atoms with Crippen LogP contribution < -0.4 is 0 Å². The summed E-state index contributed by atoms with van der Waals surface area (Å²) in [5, 5.41) is 0. The van der Waals surface area contributed by atoms with Crippen LogP contribution in [0.25, 0.3) is 33.4 Å². The third-order valence-electron chi connectivity index (χ3n) is 5.12. The number of hydrogen-bond donors (Lipinski definition) is 0. The molecule has 0 bridgehead atoms. The molecule has 0 aliphatic heterocycles. The summed E-state index contributed by atoms with van der Waals surface area (Å²) in [6.07, 6.45) is 0. The Morgan fingerprint density at radius 3 is 1.33 bits per heavy atom. The summed E-state index contributed by atoms with van der Waals surface area (Å²) in [7, 11) is 0. The van der Waals surface area contributed by atoms with Crippen LogP contribution in [-0.2, 0) is 0 Å². The van der Waals surface area contributed by atoms with Gasteiger partial charge in [-0.3, -0.25) is 0 Å². The lowest BCUT2D eigenvalue weighted by Crippen LogP contribution is -1.89. The molecule has 0 N–H and O–H groups in total. The van der Waals surface area contributed by atoms with Crippen molar-refractivity contribution in [2.45, 2.75) is 19.8 Å². The van der Waals surface area contributed by atoms with E-state index in [1.807, 2.05) is 0 Å². The average Bonchev–Trinajstić information content (AvgIpc) is 2.74. The maximum absolute atomic E-state index is 2.25. The van der Waals surface area contributed by atoms with Crippen LogP contribution in [0.3, 0.4) is 0 Å². The largest absolute Gasteiger partial charge is 0.0622 e. The minimum Gasteiger partial charge on any atom is -0.0622 e. The number of benzene rings is 4. The number of hydrogen-bond acceptors (Lipinski definition) is 0. The lowest BCUT2D eigenvalue weighted by atomic mass is 9.92. The van der Waals surface area contributed by atoms with Gasteiger partial charge in [0.15, 0.2) is 0 Å². The summed E-state index contributed by atoms with van der Waals surface area (Å²) in [5.74, 6) is 0.555. The first kappa shape index (κ1) is 17.3. The van der Waals surface area contributed by atoms with Crippen molar-refractivity contribution < 1.29 is 0 Å². The molecule has 0 spiro atoms. The number of rotatable bonds is 4. The van der Waals surface area contributed by atoms with E-state index in [2.05, 4.69) is 117 Å². The molecule has 0 nitrogen and oxygen atoms in total. The fourth-order valence-electron chi connectivity index (χ4n) is 3.51. The molecule has 0 unspecified atom stereocenters. The zero-order chi connectivity index (χ0) is 18.6. The average molecular weight is 348 g/mol. The molecule has 0 heterocycles. The quantitative estimate of drug-likeness (QED) is 0.353. The van der Waals surface area contributed by atoms with Crippen LogP contribution >= 0.6 is 0 Å². The molecule has 27 heavy (non-hydrogen) atoms. The van der Waals surface area contributed by atoms with E-state index < -0.39 is 0 Å². The van der Waals surface area contributed by atoms with Crippen molar-refractivity contribution in [1.82, 2.24) is 0 Å². The molecule has 132 valence electrons. The fraction of sp³-hybridized carbons (Fsp3) is 0.111. The molecular formula is C27H24. The van der Waals surface area contributed by atoms with Crippen LogP contribution in [0.2, 0.25) is 0 Å². The van der Waals surface area contributed by atoms with Gasteiger partial charge in [-0.2, -0.15) is 0 Å². The van der Waals surface area contributed by atoms with E-state index in [1.54, 1.807) is 0 Å². The van der Waals surface area contributed by atoms with Crippen LogP contribution in [0, 0.1) is 0 Å². The highest BCUT2D eigenvalue weighted by Gasteiger charge is 2.08. The lowest BCUT2D eigenvalue weighted by Gasteiger charge is -2.12. The maximum Gasteiger partial charge on any atom is -0.0105 e. The molecule has 0 saturated heterocycles. The van der Waals surface area contributed by atoms with Gasteiger partial charge in [0.2, 0.25) is 0 Å². The fourth-order valence-corrected chi connectivity index (χ4v) is 3.51. The highest BCUT2D eigenvalue weighted by atomic mass is 14.1. The van der Waals surface area contributed by atoms with Crippen molar-refractivity contribution >= 4 is 0 Å². The van der Waals surface area contributed by atoms with E-state index in [0.717, 1.165) is 0 Å².